The van der Waals surface area contributed by atoms with Gasteiger partial charge in [-0.15, -0.1) is 13.2 Å². The minimum Gasteiger partial charge on any atom is -0.103 e. The van der Waals surface area contributed by atoms with E-state index in [1.807, 2.05) is 18.2 Å². The van der Waals surface area contributed by atoms with Crippen LogP contribution in [0.5, 0.6) is 0 Å². The van der Waals surface area contributed by atoms with Gasteiger partial charge in [-0.2, -0.15) is 0 Å². The van der Waals surface area contributed by atoms with Crippen LogP contribution in [-0.4, -0.2) is 0 Å². The summed E-state index contributed by atoms with van der Waals surface area (Å²) in [6.45, 7) is 7.53. The highest BCUT2D eigenvalue weighted by Gasteiger charge is 2.02. The van der Waals surface area contributed by atoms with Crippen molar-refractivity contribution in [1.29, 1.82) is 0 Å². The maximum absolute atomic E-state index is 3.81. The highest BCUT2D eigenvalue weighted by atomic mass is 14.1. The van der Waals surface area contributed by atoms with Gasteiger partial charge in [0.25, 0.3) is 0 Å². The summed E-state index contributed by atoms with van der Waals surface area (Å²) in [5.74, 6) is 0.420. The van der Waals surface area contributed by atoms with Gasteiger partial charge < -0.3 is 0 Å². The summed E-state index contributed by atoms with van der Waals surface area (Å²) in [6, 6.07) is 10.4. The molecule has 0 nitrogen and oxygen atoms in total. The first-order valence-electron chi connectivity index (χ1n) is 4.17. The van der Waals surface area contributed by atoms with Crippen LogP contribution >= 0.6 is 0 Å². The Hall–Kier alpha value is -1.30. The molecule has 0 saturated heterocycles. The largest absolute Gasteiger partial charge is 0.103 e. The van der Waals surface area contributed by atoms with E-state index in [4.69, 9.17) is 0 Å². The number of hydrogen-bond acceptors (Lipinski definition) is 0. The predicted molar refractivity (Wildman–Crippen MR) is 54.2 cm³/mol. The van der Waals surface area contributed by atoms with Gasteiger partial charge >= 0.3 is 0 Å². The van der Waals surface area contributed by atoms with Crippen LogP contribution in [0.1, 0.15) is 17.9 Å². The first kappa shape index (κ1) is 8.79. The second-order valence-corrected chi connectivity index (χ2v) is 2.78. The second kappa shape index (κ2) is 4.55. The average molecular weight is 158 g/mol. The molecule has 0 aliphatic rings. The molecule has 0 aromatic heterocycles. The smallest absolute Gasteiger partial charge is 0.00497 e. The summed E-state index contributed by atoms with van der Waals surface area (Å²) in [5, 5.41) is 0. The van der Waals surface area contributed by atoms with E-state index in [2.05, 4.69) is 37.4 Å². The zero-order chi connectivity index (χ0) is 8.81. The molecule has 0 heterocycles. The Morgan fingerprint density at radius 1 is 1.17 bits per heavy atom. The van der Waals surface area contributed by atoms with Crippen molar-refractivity contribution in [2.24, 2.45) is 0 Å². The van der Waals surface area contributed by atoms with Gasteiger partial charge in [-0.25, -0.2) is 0 Å². The lowest BCUT2D eigenvalue weighted by molar-refractivity contribution is 0.868. The van der Waals surface area contributed by atoms with Gasteiger partial charge in [0.05, 0.1) is 0 Å². The van der Waals surface area contributed by atoms with Crippen LogP contribution in [0.2, 0.25) is 0 Å². The maximum atomic E-state index is 3.81. The molecule has 1 rings (SSSR count). The fraction of sp³-hybridized carbons (Fsp3) is 0.167. The van der Waals surface area contributed by atoms with Gasteiger partial charge in [-0.05, 0) is 12.0 Å². The van der Waals surface area contributed by atoms with E-state index >= 15 is 0 Å². The Bertz CT molecular complexity index is 246. The molecule has 0 aliphatic carbocycles. The van der Waals surface area contributed by atoms with E-state index in [1.165, 1.54) is 5.56 Å². The van der Waals surface area contributed by atoms with Crippen LogP contribution in [0.3, 0.4) is 0 Å². The molecule has 0 bridgehead atoms. The third kappa shape index (κ3) is 2.09. The van der Waals surface area contributed by atoms with Crippen molar-refractivity contribution < 1.29 is 0 Å². The molecule has 0 radical (unpaired) electrons. The van der Waals surface area contributed by atoms with Crippen LogP contribution in [0.15, 0.2) is 55.6 Å². The minimum absolute atomic E-state index is 0.420. The number of hydrogen-bond donors (Lipinski definition) is 0. The van der Waals surface area contributed by atoms with Crippen molar-refractivity contribution in [1.82, 2.24) is 0 Å². The van der Waals surface area contributed by atoms with Crippen LogP contribution < -0.4 is 0 Å². The summed E-state index contributed by atoms with van der Waals surface area (Å²) >= 11 is 0. The maximum Gasteiger partial charge on any atom is 0.00497 e. The summed E-state index contributed by atoms with van der Waals surface area (Å²) < 4.78 is 0. The van der Waals surface area contributed by atoms with Crippen molar-refractivity contribution in [2.75, 3.05) is 0 Å². The second-order valence-electron chi connectivity index (χ2n) is 2.78. The molecule has 0 amide bonds. The highest BCUT2D eigenvalue weighted by Crippen LogP contribution is 2.20. The van der Waals surface area contributed by atoms with E-state index in [9.17, 15) is 0 Å². The average Bonchev–Trinajstić information content (AvgIpc) is 2.15. The molecule has 1 atom stereocenters. The van der Waals surface area contributed by atoms with Gasteiger partial charge in [0, 0.05) is 5.92 Å². The lowest BCUT2D eigenvalue weighted by atomic mass is 9.96. The highest BCUT2D eigenvalue weighted by molar-refractivity contribution is 5.23. The van der Waals surface area contributed by atoms with Crippen molar-refractivity contribution in [3.05, 3.63) is 61.2 Å². The Morgan fingerprint density at radius 3 is 2.33 bits per heavy atom. The van der Waals surface area contributed by atoms with E-state index in [1.54, 1.807) is 0 Å². The standard InChI is InChI=1S/C12H14/c1-3-8-11(4-2)12-9-6-5-7-10-12/h3-7,9-11H,1-2,8H2. The summed E-state index contributed by atoms with van der Waals surface area (Å²) in [4.78, 5) is 0. The van der Waals surface area contributed by atoms with Gasteiger partial charge in [0.1, 0.15) is 0 Å². The lowest BCUT2D eigenvalue weighted by Crippen LogP contribution is -1.91. The lowest BCUT2D eigenvalue weighted by Gasteiger charge is -2.09. The Morgan fingerprint density at radius 2 is 1.83 bits per heavy atom. The predicted octanol–water partition coefficient (Wildman–Crippen LogP) is 3.53. The molecule has 12 heavy (non-hydrogen) atoms. The molecular weight excluding hydrogens is 144 g/mol. The van der Waals surface area contributed by atoms with Crippen LogP contribution in [-0.2, 0) is 0 Å². The topological polar surface area (TPSA) is 0 Å². The Balaban J connectivity index is 2.79. The molecule has 0 N–H and O–H groups in total. The van der Waals surface area contributed by atoms with Crippen LogP contribution in [0.4, 0.5) is 0 Å². The Kier molecular flexibility index (Phi) is 3.34. The molecule has 0 aliphatic heterocycles. The van der Waals surface area contributed by atoms with Gasteiger partial charge in [-0.3, -0.25) is 0 Å². The summed E-state index contributed by atoms with van der Waals surface area (Å²) in [6.07, 6.45) is 4.86. The molecule has 62 valence electrons. The quantitative estimate of drug-likeness (QED) is 0.588. The SMILES string of the molecule is C=CCC(C=C)c1ccccc1. The molecular formula is C12H14. The number of allylic oxidation sites excluding steroid dienone is 2. The minimum atomic E-state index is 0.420. The van der Waals surface area contributed by atoms with Crippen molar-refractivity contribution in [2.45, 2.75) is 12.3 Å². The monoisotopic (exact) mass is 158 g/mol. The molecule has 0 fully saturated rings. The van der Waals surface area contributed by atoms with Crippen molar-refractivity contribution >= 4 is 0 Å². The van der Waals surface area contributed by atoms with E-state index < -0.39 is 0 Å². The fourth-order valence-electron chi connectivity index (χ4n) is 1.25. The zero-order valence-electron chi connectivity index (χ0n) is 7.24. The normalized spacial score (nSPS) is 12.0. The van der Waals surface area contributed by atoms with E-state index in [0.29, 0.717) is 5.92 Å². The van der Waals surface area contributed by atoms with Crippen LogP contribution in [0, 0.1) is 0 Å². The molecule has 0 heteroatoms. The van der Waals surface area contributed by atoms with Gasteiger partial charge in [-0.1, -0.05) is 42.5 Å². The van der Waals surface area contributed by atoms with Crippen LogP contribution in [0.25, 0.3) is 0 Å². The summed E-state index contributed by atoms with van der Waals surface area (Å²) in [7, 11) is 0. The van der Waals surface area contributed by atoms with Crippen molar-refractivity contribution in [3.63, 3.8) is 0 Å². The molecule has 1 unspecified atom stereocenters. The third-order valence-electron chi connectivity index (χ3n) is 1.93. The molecule has 1 aromatic rings. The number of benzene rings is 1. The molecule has 0 saturated carbocycles. The molecule has 1 aromatic carbocycles. The third-order valence-corrected chi connectivity index (χ3v) is 1.93. The van der Waals surface area contributed by atoms with Gasteiger partial charge in [0.2, 0.25) is 0 Å². The number of rotatable bonds is 4. The van der Waals surface area contributed by atoms with Gasteiger partial charge in [0.15, 0.2) is 0 Å². The Labute approximate surface area is 74.2 Å². The van der Waals surface area contributed by atoms with E-state index in [-0.39, 0.29) is 0 Å². The van der Waals surface area contributed by atoms with Crippen molar-refractivity contribution in [3.8, 4) is 0 Å². The molecule has 0 spiro atoms. The first-order chi connectivity index (χ1) is 5.88. The zero-order valence-corrected chi connectivity index (χ0v) is 7.24. The summed E-state index contributed by atoms with van der Waals surface area (Å²) in [5.41, 5.74) is 1.31. The fourth-order valence-corrected chi connectivity index (χ4v) is 1.25. The first-order valence-corrected chi connectivity index (χ1v) is 4.17. The van der Waals surface area contributed by atoms with E-state index in [0.717, 1.165) is 6.42 Å².